The molecule has 2 aromatic rings. The van der Waals surface area contributed by atoms with E-state index in [-0.39, 0.29) is 18.4 Å². The number of aromatic nitrogens is 4. The molecule has 2 heterocycles. The monoisotopic (exact) mass is 266 g/mol. The third kappa shape index (κ3) is 3.04. The predicted molar refractivity (Wildman–Crippen MR) is 69.3 cm³/mol. The number of nitrogen functional groups attached to an aromatic ring is 1. The van der Waals surface area contributed by atoms with Crippen LogP contribution in [0.4, 0.5) is 11.1 Å². The minimum atomic E-state index is -0.204. The van der Waals surface area contributed by atoms with Crippen molar-refractivity contribution < 1.29 is 4.79 Å². The SMILES string of the molecule is CC(C)c1csc(NC(=O)Cn2cnc(N)n2)n1. The molecule has 8 heteroatoms. The molecule has 7 nitrogen and oxygen atoms in total. The van der Waals surface area contributed by atoms with Crippen molar-refractivity contribution in [1.82, 2.24) is 19.7 Å². The van der Waals surface area contributed by atoms with E-state index in [9.17, 15) is 4.79 Å². The van der Waals surface area contributed by atoms with Crippen molar-refractivity contribution in [3.8, 4) is 0 Å². The number of thiazole rings is 1. The molecular formula is C10H14N6OS. The zero-order valence-corrected chi connectivity index (χ0v) is 10.9. The Morgan fingerprint density at radius 1 is 1.61 bits per heavy atom. The van der Waals surface area contributed by atoms with Gasteiger partial charge in [0.1, 0.15) is 12.9 Å². The number of anilines is 2. The minimum Gasteiger partial charge on any atom is -0.367 e. The Bertz CT molecular complexity index is 546. The third-order valence-electron chi connectivity index (χ3n) is 2.22. The number of carbonyl (C=O) groups is 1. The van der Waals surface area contributed by atoms with Crippen LogP contribution in [0.1, 0.15) is 25.5 Å². The van der Waals surface area contributed by atoms with Crippen molar-refractivity contribution in [2.24, 2.45) is 0 Å². The molecule has 96 valence electrons. The molecule has 2 aromatic heterocycles. The smallest absolute Gasteiger partial charge is 0.247 e. The standard InChI is InChI=1S/C10H14N6OS/c1-6(2)7-4-18-10(13-7)14-8(17)3-16-5-12-9(11)15-16/h4-6H,3H2,1-2H3,(H2,11,15)(H,13,14,17). The van der Waals surface area contributed by atoms with E-state index in [1.54, 1.807) is 0 Å². The summed E-state index contributed by atoms with van der Waals surface area (Å²) in [6, 6.07) is 0. The first kappa shape index (κ1) is 12.5. The Kier molecular flexibility index (Phi) is 3.56. The molecule has 0 saturated carbocycles. The Morgan fingerprint density at radius 2 is 2.39 bits per heavy atom. The summed E-state index contributed by atoms with van der Waals surface area (Å²) >= 11 is 1.41. The van der Waals surface area contributed by atoms with E-state index in [2.05, 4.69) is 34.2 Å². The fourth-order valence-corrected chi connectivity index (χ4v) is 2.19. The van der Waals surface area contributed by atoms with Gasteiger partial charge < -0.3 is 11.1 Å². The van der Waals surface area contributed by atoms with E-state index in [1.807, 2.05) is 5.38 Å². The fourth-order valence-electron chi connectivity index (χ4n) is 1.30. The molecule has 0 spiro atoms. The fraction of sp³-hybridized carbons (Fsp3) is 0.400. The van der Waals surface area contributed by atoms with Crippen molar-refractivity contribution in [2.45, 2.75) is 26.3 Å². The number of nitrogens with one attached hydrogen (secondary N) is 1. The Labute approximate surface area is 108 Å². The van der Waals surface area contributed by atoms with Gasteiger partial charge in [-0.3, -0.25) is 4.79 Å². The maximum Gasteiger partial charge on any atom is 0.247 e. The summed E-state index contributed by atoms with van der Waals surface area (Å²) in [5.41, 5.74) is 6.33. The van der Waals surface area contributed by atoms with E-state index in [0.29, 0.717) is 11.0 Å². The lowest BCUT2D eigenvalue weighted by molar-refractivity contribution is -0.116. The first-order valence-corrected chi connectivity index (χ1v) is 6.32. The number of carbonyl (C=O) groups excluding carboxylic acids is 1. The van der Waals surface area contributed by atoms with Gasteiger partial charge in [-0.1, -0.05) is 13.8 Å². The van der Waals surface area contributed by atoms with Gasteiger partial charge in [0.15, 0.2) is 5.13 Å². The summed E-state index contributed by atoms with van der Waals surface area (Å²) in [7, 11) is 0. The number of nitrogens with two attached hydrogens (primary N) is 1. The van der Waals surface area contributed by atoms with Crippen LogP contribution in [0.15, 0.2) is 11.7 Å². The summed E-state index contributed by atoms with van der Waals surface area (Å²) in [4.78, 5) is 19.8. The van der Waals surface area contributed by atoms with Crippen molar-refractivity contribution >= 4 is 28.3 Å². The molecule has 0 aliphatic rings. The van der Waals surface area contributed by atoms with Gasteiger partial charge in [-0.2, -0.15) is 0 Å². The van der Waals surface area contributed by atoms with Crippen molar-refractivity contribution in [2.75, 3.05) is 11.1 Å². The van der Waals surface area contributed by atoms with Gasteiger partial charge in [-0.05, 0) is 5.92 Å². The van der Waals surface area contributed by atoms with Crippen molar-refractivity contribution in [1.29, 1.82) is 0 Å². The quantitative estimate of drug-likeness (QED) is 0.862. The molecular weight excluding hydrogens is 252 g/mol. The lowest BCUT2D eigenvalue weighted by atomic mass is 10.2. The highest BCUT2D eigenvalue weighted by Gasteiger charge is 2.09. The van der Waals surface area contributed by atoms with Crippen LogP contribution in [0.3, 0.4) is 0 Å². The highest BCUT2D eigenvalue weighted by molar-refractivity contribution is 7.13. The summed E-state index contributed by atoms with van der Waals surface area (Å²) in [5.74, 6) is 0.297. The van der Waals surface area contributed by atoms with E-state index in [4.69, 9.17) is 5.73 Å². The van der Waals surface area contributed by atoms with Crippen LogP contribution in [-0.2, 0) is 11.3 Å². The topological polar surface area (TPSA) is 98.7 Å². The maximum absolute atomic E-state index is 11.7. The Hall–Kier alpha value is -1.96. The number of nitrogens with zero attached hydrogens (tertiary/aromatic N) is 4. The summed E-state index contributed by atoms with van der Waals surface area (Å²) < 4.78 is 1.38. The molecule has 0 aromatic carbocycles. The molecule has 1 amide bonds. The molecule has 18 heavy (non-hydrogen) atoms. The third-order valence-corrected chi connectivity index (χ3v) is 3.00. The van der Waals surface area contributed by atoms with E-state index in [0.717, 1.165) is 5.69 Å². The Balaban J connectivity index is 1.94. The van der Waals surface area contributed by atoms with Gasteiger partial charge in [-0.25, -0.2) is 14.6 Å². The van der Waals surface area contributed by atoms with Gasteiger partial charge in [0.2, 0.25) is 11.9 Å². The number of hydrogen-bond donors (Lipinski definition) is 2. The molecule has 0 aliphatic carbocycles. The van der Waals surface area contributed by atoms with Crippen LogP contribution in [0.25, 0.3) is 0 Å². The van der Waals surface area contributed by atoms with E-state index in [1.165, 1.54) is 22.3 Å². The van der Waals surface area contributed by atoms with Crippen LogP contribution in [0, 0.1) is 0 Å². The summed E-state index contributed by atoms with van der Waals surface area (Å²) in [6.45, 7) is 4.18. The highest BCUT2D eigenvalue weighted by atomic mass is 32.1. The van der Waals surface area contributed by atoms with Crippen molar-refractivity contribution in [3.63, 3.8) is 0 Å². The molecule has 0 fully saturated rings. The zero-order valence-electron chi connectivity index (χ0n) is 10.1. The average Bonchev–Trinajstić information content (AvgIpc) is 2.88. The minimum absolute atomic E-state index is 0.0702. The normalized spacial score (nSPS) is 10.8. The Morgan fingerprint density at radius 3 is 2.94 bits per heavy atom. The molecule has 0 aliphatic heterocycles. The molecule has 0 unspecified atom stereocenters. The molecule has 0 atom stereocenters. The van der Waals surface area contributed by atoms with Crippen LogP contribution < -0.4 is 11.1 Å². The lowest BCUT2D eigenvalue weighted by Crippen LogP contribution is -2.19. The van der Waals surface area contributed by atoms with Gasteiger partial charge in [0, 0.05) is 5.38 Å². The lowest BCUT2D eigenvalue weighted by Gasteiger charge is -2.01. The molecule has 0 bridgehead atoms. The summed E-state index contributed by atoms with van der Waals surface area (Å²) in [5, 5.41) is 9.08. The van der Waals surface area contributed by atoms with Crippen LogP contribution in [0.5, 0.6) is 0 Å². The second kappa shape index (κ2) is 5.13. The second-order valence-corrected chi connectivity index (χ2v) is 4.94. The number of hydrogen-bond acceptors (Lipinski definition) is 6. The first-order valence-electron chi connectivity index (χ1n) is 5.45. The molecule has 3 N–H and O–H groups in total. The molecule has 2 rings (SSSR count). The number of amides is 1. The summed E-state index contributed by atoms with van der Waals surface area (Å²) in [6.07, 6.45) is 1.41. The largest absolute Gasteiger partial charge is 0.367 e. The molecule has 0 saturated heterocycles. The van der Waals surface area contributed by atoms with E-state index >= 15 is 0 Å². The van der Waals surface area contributed by atoms with Gasteiger partial charge >= 0.3 is 0 Å². The predicted octanol–water partition coefficient (Wildman–Crippen LogP) is 1.08. The van der Waals surface area contributed by atoms with Crippen LogP contribution >= 0.6 is 11.3 Å². The zero-order chi connectivity index (χ0) is 13.1. The van der Waals surface area contributed by atoms with Crippen LogP contribution in [-0.4, -0.2) is 25.7 Å². The van der Waals surface area contributed by atoms with E-state index < -0.39 is 0 Å². The van der Waals surface area contributed by atoms with Gasteiger partial charge in [0.25, 0.3) is 0 Å². The maximum atomic E-state index is 11.7. The average molecular weight is 266 g/mol. The number of rotatable bonds is 4. The van der Waals surface area contributed by atoms with Crippen LogP contribution in [0.2, 0.25) is 0 Å². The second-order valence-electron chi connectivity index (χ2n) is 4.08. The first-order chi connectivity index (χ1) is 8.54. The molecule has 0 radical (unpaired) electrons. The van der Waals surface area contributed by atoms with Gasteiger partial charge in [0.05, 0.1) is 5.69 Å². The van der Waals surface area contributed by atoms with Gasteiger partial charge in [-0.15, -0.1) is 16.4 Å². The van der Waals surface area contributed by atoms with Crippen molar-refractivity contribution in [3.05, 3.63) is 17.4 Å². The highest BCUT2D eigenvalue weighted by Crippen LogP contribution is 2.21.